The lowest BCUT2D eigenvalue weighted by atomic mass is 10.1. The molecule has 0 spiro atoms. The Labute approximate surface area is 124 Å². The van der Waals surface area contributed by atoms with E-state index in [1.54, 1.807) is 0 Å². The van der Waals surface area contributed by atoms with Gasteiger partial charge in [0.05, 0.1) is 0 Å². The van der Waals surface area contributed by atoms with Crippen LogP contribution in [0.15, 0.2) is 71.9 Å². The predicted molar refractivity (Wildman–Crippen MR) is 90.8 cm³/mol. The van der Waals surface area contributed by atoms with E-state index in [1.165, 1.54) is 22.0 Å². The van der Waals surface area contributed by atoms with Crippen molar-refractivity contribution in [3.63, 3.8) is 0 Å². The molecule has 0 bridgehead atoms. The normalized spacial score (nSPS) is 11.8. The average molecular weight is 274 g/mol. The number of fused-ring (bicyclic) bond motifs is 1. The third kappa shape index (κ3) is 3.48. The molecule has 1 N–H and O–H groups in total. The molecule has 104 valence electrons. The Morgan fingerprint density at radius 1 is 0.952 bits per heavy atom. The van der Waals surface area contributed by atoms with E-state index in [-0.39, 0.29) is 0 Å². The van der Waals surface area contributed by atoms with Crippen molar-refractivity contribution in [2.75, 3.05) is 6.54 Å². The number of aromatic amines is 1. The minimum Gasteiger partial charge on any atom is -0.361 e. The molecule has 0 fully saturated rings. The molecule has 0 atom stereocenters. The van der Waals surface area contributed by atoms with Gasteiger partial charge in [-0.05, 0) is 29.7 Å². The molecule has 2 nitrogen and oxygen atoms in total. The summed E-state index contributed by atoms with van der Waals surface area (Å²) in [5.41, 5.74) is 3.72. The van der Waals surface area contributed by atoms with E-state index in [4.69, 9.17) is 0 Å². The Hall–Kier alpha value is -2.61. The molecular formula is C19H18N2. The van der Waals surface area contributed by atoms with Crippen LogP contribution in [0.3, 0.4) is 0 Å². The lowest BCUT2D eigenvalue weighted by molar-refractivity contribution is 0.982. The Balaban J connectivity index is 1.54. The van der Waals surface area contributed by atoms with Crippen LogP contribution >= 0.6 is 0 Å². The van der Waals surface area contributed by atoms with E-state index in [9.17, 15) is 0 Å². The minimum atomic E-state index is 0.807. The van der Waals surface area contributed by atoms with Crippen LogP contribution in [0.4, 0.5) is 0 Å². The highest BCUT2D eigenvalue weighted by molar-refractivity contribution is 5.83. The van der Waals surface area contributed by atoms with Gasteiger partial charge in [0, 0.05) is 29.9 Å². The Morgan fingerprint density at radius 3 is 2.67 bits per heavy atom. The molecule has 1 heterocycles. The summed E-state index contributed by atoms with van der Waals surface area (Å²) in [5, 5.41) is 1.30. The third-order valence-corrected chi connectivity index (χ3v) is 3.46. The van der Waals surface area contributed by atoms with Gasteiger partial charge >= 0.3 is 0 Å². The van der Waals surface area contributed by atoms with E-state index in [0.29, 0.717) is 0 Å². The van der Waals surface area contributed by atoms with Crippen LogP contribution in [0.2, 0.25) is 0 Å². The summed E-state index contributed by atoms with van der Waals surface area (Å²) >= 11 is 0. The highest BCUT2D eigenvalue weighted by atomic mass is 14.7. The third-order valence-electron chi connectivity index (χ3n) is 3.46. The van der Waals surface area contributed by atoms with Crippen molar-refractivity contribution in [2.24, 2.45) is 4.99 Å². The van der Waals surface area contributed by atoms with Crippen LogP contribution in [0, 0.1) is 0 Å². The smallest absolute Gasteiger partial charge is 0.0456 e. The highest BCUT2D eigenvalue weighted by Gasteiger charge is 2.00. The number of nitrogens with zero attached hydrogens (tertiary/aromatic N) is 1. The van der Waals surface area contributed by atoms with Gasteiger partial charge in [0.25, 0.3) is 0 Å². The Kier molecular flexibility index (Phi) is 4.27. The summed E-state index contributed by atoms with van der Waals surface area (Å²) < 4.78 is 0. The molecular weight excluding hydrogens is 256 g/mol. The number of allylic oxidation sites excluding steroid dienone is 1. The quantitative estimate of drug-likeness (QED) is 0.664. The fourth-order valence-electron chi connectivity index (χ4n) is 2.38. The van der Waals surface area contributed by atoms with E-state index < -0.39 is 0 Å². The molecule has 0 amide bonds. The van der Waals surface area contributed by atoms with Crippen molar-refractivity contribution in [1.29, 1.82) is 0 Å². The number of nitrogens with one attached hydrogen (secondary N) is 1. The minimum absolute atomic E-state index is 0.807. The van der Waals surface area contributed by atoms with Crippen molar-refractivity contribution in [3.8, 4) is 0 Å². The Bertz CT molecular complexity index is 751. The highest BCUT2D eigenvalue weighted by Crippen LogP contribution is 2.17. The largest absolute Gasteiger partial charge is 0.361 e. The van der Waals surface area contributed by atoms with Crippen LogP contribution in [0.25, 0.3) is 17.0 Å². The van der Waals surface area contributed by atoms with Gasteiger partial charge in [-0.15, -0.1) is 0 Å². The summed E-state index contributed by atoms with van der Waals surface area (Å²) in [5.74, 6) is 0. The number of aliphatic imine (C=N–C) groups is 1. The van der Waals surface area contributed by atoms with Gasteiger partial charge in [0.2, 0.25) is 0 Å². The summed E-state index contributed by atoms with van der Waals surface area (Å²) in [4.78, 5) is 7.74. The lowest BCUT2D eigenvalue weighted by Gasteiger charge is -1.95. The molecule has 0 radical (unpaired) electrons. The first-order chi connectivity index (χ1) is 10.4. The molecule has 3 aromatic rings. The molecule has 0 aliphatic heterocycles. The van der Waals surface area contributed by atoms with Crippen LogP contribution < -0.4 is 0 Å². The molecule has 0 aliphatic carbocycles. The average Bonchev–Trinajstić information content (AvgIpc) is 2.95. The molecule has 0 aliphatic rings. The number of H-pyrrole nitrogens is 1. The first kappa shape index (κ1) is 13.4. The van der Waals surface area contributed by atoms with Gasteiger partial charge in [0.15, 0.2) is 0 Å². The topological polar surface area (TPSA) is 28.1 Å². The molecule has 0 saturated heterocycles. The zero-order valence-corrected chi connectivity index (χ0v) is 11.9. The summed E-state index contributed by atoms with van der Waals surface area (Å²) in [6.45, 7) is 0.807. The number of rotatable bonds is 5. The number of hydrogen-bond acceptors (Lipinski definition) is 1. The van der Waals surface area contributed by atoms with Crippen molar-refractivity contribution >= 4 is 23.2 Å². The fourth-order valence-corrected chi connectivity index (χ4v) is 2.38. The maximum Gasteiger partial charge on any atom is 0.0456 e. The molecule has 21 heavy (non-hydrogen) atoms. The molecule has 0 saturated carbocycles. The molecule has 2 aromatic carbocycles. The zero-order chi connectivity index (χ0) is 14.3. The number of benzene rings is 2. The second kappa shape index (κ2) is 6.71. The maximum atomic E-state index is 4.44. The monoisotopic (exact) mass is 274 g/mol. The predicted octanol–water partition coefficient (Wildman–Crippen LogP) is 4.49. The second-order valence-electron chi connectivity index (χ2n) is 4.93. The van der Waals surface area contributed by atoms with Crippen molar-refractivity contribution in [1.82, 2.24) is 4.98 Å². The lowest BCUT2D eigenvalue weighted by Crippen LogP contribution is -1.87. The number of aromatic nitrogens is 1. The Morgan fingerprint density at radius 2 is 1.76 bits per heavy atom. The van der Waals surface area contributed by atoms with Gasteiger partial charge < -0.3 is 4.98 Å². The van der Waals surface area contributed by atoms with Crippen LogP contribution in [0.5, 0.6) is 0 Å². The second-order valence-corrected chi connectivity index (χ2v) is 4.93. The van der Waals surface area contributed by atoms with Crippen LogP contribution in [-0.2, 0) is 6.42 Å². The zero-order valence-electron chi connectivity index (χ0n) is 11.9. The molecule has 0 unspecified atom stereocenters. The number of hydrogen-bond donors (Lipinski definition) is 1. The van der Waals surface area contributed by atoms with E-state index in [1.807, 2.05) is 30.5 Å². The van der Waals surface area contributed by atoms with Gasteiger partial charge in [-0.2, -0.15) is 0 Å². The van der Waals surface area contributed by atoms with Crippen LogP contribution in [0.1, 0.15) is 11.1 Å². The summed E-state index contributed by atoms with van der Waals surface area (Å²) in [6.07, 6.45) is 8.97. The number of para-hydroxylation sites is 1. The molecule has 3 rings (SSSR count). The maximum absolute atomic E-state index is 4.44. The van der Waals surface area contributed by atoms with Crippen molar-refractivity contribution < 1.29 is 0 Å². The van der Waals surface area contributed by atoms with Gasteiger partial charge in [-0.1, -0.05) is 54.6 Å². The van der Waals surface area contributed by atoms with Gasteiger partial charge in [-0.3, -0.25) is 4.99 Å². The van der Waals surface area contributed by atoms with Gasteiger partial charge in [-0.25, -0.2) is 0 Å². The first-order valence-corrected chi connectivity index (χ1v) is 7.20. The van der Waals surface area contributed by atoms with Crippen molar-refractivity contribution in [3.05, 3.63) is 78.0 Å². The van der Waals surface area contributed by atoms with E-state index in [2.05, 4.69) is 58.6 Å². The van der Waals surface area contributed by atoms with Crippen molar-refractivity contribution in [2.45, 2.75) is 6.42 Å². The van der Waals surface area contributed by atoms with E-state index >= 15 is 0 Å². The standard InChI is InChI=1S/C19H18N2/c1-2-7-16(8-3-1)9-6-13-20-14-12-17-15-21-19-11-5-4-10-18(17)19/h1-11,13,15,21H,12,14H2/b9-6+,20-13?. The van der Waals surface area contributed by atoms with Crippen LogP contribution in [-0.4, -0.2) is 17.7 Å². The molecule has 1 aromatic heterocycles. The summed E-state index contributed by atoms with van der Waals surface area (Å²) in [7, 11) is 0. The summed E-state index contributed by atoms with van der Waals surface area (Å²) in [6, 6.07) is 18.6. The van der Waals surface area contributed by atoms with E-state index in [0.717, 1.165) is 13.0 Å². The SMILES string of the molecule is C(/C=C/c1ccccc1)=NCCc1c[nH]c2ccccc12. The fraction of sp³-hybridized carbons (Fsp3) is 0.105. The molecule has 2 heteroatoms. The first-order valence-electron chi connectivity index (χ1n) is 7.20. The van der Waals surface area contributed by atoms with Gasteiger partial charge in [0.1, 0.15) is 0 Å².